The molecular weight excluding hydrogens is 344 g/mol. The molecule has 0 radical (unpaired) electrons. The molecule has 132 valence electrons. The van der Waals surface area contributed by atoms with Crippen molar-refractivity contribution in [1.82, 2.24) is 0 Å². The number of hydrogen-bond acceptors (Lipinski definition) is 6. The summed E-state index contributed by atoms with van der Waals surface area (Å²) in [6, 6.07) is 14.6. The second-order valence-corrected chi connectivity index (χ2v) is 7.63. The molecule has 1 atom stereocenters. The molecule has 0 fully saturated rings. The van der Waals surface area contributed by atoms with E-state index >= 15 is 0 Å². The summed E-state index contributed by atoms with van der Waals surface area (Å²) in [5.74, 6) is -1.63. The summed E-state index contributed by atoms with van der Waals surface area (Å²) in [7, 11) is -2.02. The Labute approximate surface area is 146 Å². The second-order valence-electron chi connectivity index (χ2n) is 5.49. The third-order valence-electron chi connectivity index (χ3n) is 3.33. The van der Waals surface area contributed by atoms with Crippen molar-refractivity contribution in [1.29, 1.82) is 0 Å². The van der Waals surface area contributed by atoms with Gasteiger partial charge in [0.15, 0.2) is 9.84 Å². The van der Waals surface area contributed by atoms with Gasteiger partial charge in [0.25, 0.3) is 0 Å². The minimum Gasteiger partial charge on any atom is -0.466 e. The fraction of sp³-hybridized carbons (Fsp3) is 0.222. The molecule has 0 unspecified atom stereocenters. The van der Waals surface area contributed by atoms with E-state index in [-0.39, 0.29) is 11.3 Å². The van der Waals surface area contributed by atoms with Gasteiger partial charge < -0.3 is 9.47 Å². The molecule has 6 nitrogen and oxygen atoms in total. The zero-order chi connectivity index (χ0) is 18.4. The summed E-state index contributed by atoms with van der Waals surface area (Å²) in [6.45, 7) is 0. The van der Waals surface area contributed by atoms with Crippen LogP contribution in [0.15, 0.2) is 54.6 Å². The van der Waals surface area contributed by atoms with Crippen LogP contribution in [0.2, 0.25) is 0 Å². The lowest BCUT2D eigenvalue weighted by atomic mass is 10.1. The molecule has 7 heteroatoms. The largest absolute Gasteiger partial charge is 0.466 e. The third-order valence-corrected chi connectivity index (χ3v) is 4.19. The molecule has 2 rings (SSSR count). The molecule has 0 amide bonds. The summed E-state index contributed by atoms with van der Waals surface area (Å²) >= 11 is 0. The van der Waals surface area contributed by atoms with Gasteiger partial charge in [-0.15, -0.1) is 0 Å². The van der Waals surface area contributed by atoms with Crippen LogP contribution in [0.25, 0.3) is 0 Å². The van der Waals surface area contributed by atoms with Crippen LogP contribution < -0.4 is 0 Å². The first-order valence-electron chi connectivity index (χ1n) is 7.40. The van der Waals surface area contributed by atoms with E-state index in [1.54, 1.807) is 42.5 Å². The van der Waals surface area contributed by atoms with Gasteiger partial charge in [-0.3, -0.25) is 0 Å². The Kier molecular flexibility index (Phi) is 5.93. The summed E-state index contributed by atoms with van der Waals surface area (Å²) in [5, 5.41) is 0. The highest BCUT2D eigenvalue weighted by molar-refractivity contribution is 7.89. The molecule has 0 aliphatic heterocycles. The minimum absolute atomic E-state index is 0.158. The van der Waals surface area contributed by atoms with Crippen LogP contribution in [0, 0.1) is 0 Å². The first-order chi connectivity index (χ1) is 11.8. The van der Waals surface area contributed by atoms with Crippen molar-refractivity contribution in [2.45, 2.75) is 11.9 Å². The molecule has 0 bridgehead atoms. The number of hydrogen-bond donors (Lipinski definition) is 0. The highest BCUT2D eigenvalue weighted by atomic mass is 32.2. The van der Waals surface area contributed by atoms with E-state index in [1.165, 1.54) is 19.2 Å². The fourth-order valence-corrected chi connectivity index (χ4v) is 3.04. The van der Waals surface area contributed by atoms with Crippen LogP contribution in [0.4, 0.5) is 0 Å². The predicted molar refractivity (Wildman–Crippen MR) is 91.6 cm³/mol. The van der Waals surface area contributed by atoms with E-state index in [0.717, 1.165) is 6.26 Å². The molecule has 0 saturated carbocycles. The Morgan fingerprint density at radius 1 is 1.04 bits per heavy atom. The van der Waals surface area contributed by atoms with Crippen molar-refractivity contribution in [3.63, 3.8) is 0 Å². The summed E-state index contributed by atoms with van der Waals surface area (Å²) in [5.41, 5.74) is 1.10. The Morgan fingerprint density at radius 3 is 2.32 bits per heavy atom. The maximum atomic E-state index is 12.4. The third kappa shape index (κ3) is 5.42. The number of carbonyl (C=O) groups is 2. The van der Waals surface area contributed by atoms with Gasteiger partial charge in [-0.2, -0.15) is 0 Å². The van der Waals surface area contributed by atoms with E-state index in [2.05, 4.69) is 0 Å². The first-order valence-corrected chi connectivity index (χ1v) is 9.46. The van der Waals surface area contributed by atoms with Crippen LogP contribution >= 0.6 is 0 Å². The van der Waals surface area contributed by atoms with Gasteiger partial charge in [-0.1, -0.05) is 42.5 Å². The highest BCUT2D eigenvalue weighted by Crippen LogP contribution is 2.21. The standard InChI is InChI=1S/C18H18O6S/c1-23-18(20)16(14-8-4-3-5-9-14)24-17(19)15-10-6-7-13(11-15)12-25(2,21)22/h3-11,16H,12H2,1-2H3/t16-/m0/s1. The molecule has 0 spiro atoms. The smallest absolute Gasteiger partial charge is 0.351 e. The van der Waals surface area contributed by atoms with Crippen LogP contribution in [-0.2, 0) is 29.9 Å². The molecule has 0 aromatic heterocycles. The Bertz CT molecular complexity index is 858. The van der Waals surface area contributed by atoms with Gasteiger partial charge in [0.1, 0.15) is 0 Å². The summed E-state index contributed by atoms with van der Waals surface area (Å²) < 4.78 is 32.8. The topological polar surface area (TPSA) is 86.7 Å². The van der Waals surface area contributed by atoms with Gasteiger partial charge >= 0.3 is 11.9 Å². The van der Waals surface area contributed by atoms with Crippen LogP contribution in [0.1, 0.15) is 27.6 Å². The monoisotopic (exact) mass is 362 g/mol. The van der Waals surface area contributed by atoms with Crippen molar-refractivity contribution in [3.8, 4) is 0 Å². The molecule has 0 saturated heterocycles. The molecule has 0 aliphatic rings. The Balaban J connectivity index is 2.24. The molecule has 0 heterocycles. The molecule has 2 aromatic rings. The van der Waals surface area contributed by atoms with Crippen LogP contribution in [-0.4, -0.2) is 33.7 Å². The minimum atomic E-state index is -3.23. The van der Waals surface area contributed by atoms with Crippen LogP contribution in [0.5, 0.6) is 0 Å². The van der Waals surface area contributed by atoms with E-state index < -0.39 is 27.9 Å². The van der Waals surface area contributed by atoms with Crippen molar-refractivity contribution in [2.75, 3.05) is 13.4 Å². The van der Waals surface area contributed by atoms with Gasteiger partial charge in [0.2, 0.25) is 6.10 Å². The maximum absolute atomic E-state index is 12.4. The number of esters is 2. The van der Waals surface area contributed by atoms with Gasteiger partial charge in [-0.25, -0.2) is 18.0 Å². The molecule has 25 heavy (non-hydrogen) atoms. The number of carbonyl (C=O) groups excluding carboxylic acids is 2. The predicted octanol–water partition coefficient (Wildman–Crippen LogP) is 2.30. The lowest BCUT2D eigenvalue weighted by Gasteiger charge is -2.16. The van der Waals surface area contributed by atoms with E-state index in [9.17, 15) is 18.0 Å². The lowest BCUT2D eigenvalue weighted by Crippen LogP contribution is -2.21. The maximum Gasteiger partial charge on any atom is 0.351 e. The summed E-state index contributed by atoms with van der Waals surface area (Å²) in [4.78, 5) is 24.3. The average molecular weight is 362 g/mol. The first kappa shape index (κ1) is 18.7. The number of benzene rings is 2. The molecule has 2 aromatic carbocycles. The Morgan fingerprint density at radius 2 is 1.72 bits per heavy atom. The molecule has 0 N–H and O–H groups in total. The summed E-state index contributed by atoms with van der Waals surface area (Å²) in [6.07, 6.45) is -0.0852. The molecule has 0 aliphatic carbocycles. The number of sulfone groups is 1. The average Bonchev–Trinajstić information content (AvgIpc) is 2.58. The van der Waals surface area contributed by atoms with Crippen molar-refractivity contribution in [2.24, 2.45) is 0 Å². The van der Waals surface area contributed by atoms with E-state index in [0.29, 0.717) is 11.1 Å². The van der Waals surface area contributed by atoms with Crippen molar-refractivity contribution in [3.05, 3.63) is 71.3 Å². The number of ether oxygens (including phenoxy) is 2. The normalized spacial score (nSPS) is 12.2. The number of methoxy groups -OCH3 is 1. The van der Waals surface area contributed by atoms with Crippen molar-refractivity contribution < 1.29 is 27.5 Å². The number of rotatable bonds is 6. The van der Waals surface area contributed by atoms with Crippen LogP contribution in [0.3, 0.4) is 0 Å². The highest BCUT2D eigenvalue weighted by Gasteiger charge is 2.26. The zero-order valence-corrected chi connectivity index (χ0v) is 14.7. The van der Waals surface area contributed by atoms with Gasteiger partial charge in [-0.05, 0) is 17.7 Å². The lowest BCUT2D eigenvalue weighted by molar-refractivity contribution is -0.151. The SMILES string of the molecule is COC(=O)[C@@H](OC(=O)c1cccc(CS(C)(=O)=O)c1)c1ccccc1. The van der Waals surface area contributed by atoms with Gasteiger partial charge in [0.05, 0.1) is 18.4 Å². The fourth-order valence-electron chi connectivity index (χ4n) is 2.25. The van der Waals surface area contributed by atoms with E-state index in [1.807, 2.05) is 0 Å². The van der Waals surface area contributed by atoms with Crippen molar-refractivity contribution >= 4 is 21.8 Å². The second kappa shape index (κ2) is 7.94. The Hall–Kier alpha value is -2.67. The molecular formula is C18H18O6S. The van der Waals surface area contributed by atoms with E-state index in [4.69, 9.17) is 9.47 Å². The zero-order valence-electron chi connectivity index (χ0n) is 13.8. The quantitative estimate of drug-likeness (QED) is 0.733. The van der Waals surface area contributed by atoms with Gasteiger partial charge in [0, 0.05) is 11.8 Å².